The van der Waals surface area contributed by atoms with Crippen LogP contribution in [-0.4, -0.2) is 45.5 Å². The number of rotatable bonds is 4. The second kappa shape index (κ2) is 7.18. The van der Waals surface area contributed by atoms with Gasteiger partial charge in [0.2, 0.25) is 11.8 Å². The van der Waals surface area contributed by atoms with E-state index >= 15 is 0 Å². The molecule has 2 saturated heterocycles. The number of hydrogen-bond acceptors (Lipinski definition) is 4. The highest BCUT2D eigenvalue weighted by Gasteiger charge is 2.47. The first-order chi connectivity index (χ1) is 13.3. The lowest BCUT2D eigenvalue weighted by molar-refractivity contribution is -0.161. The topological polar surface area (TPSA) is 60.9 Å². The second-order valence-corrected chi connectivity index (χ2v) is 9.53. The number of nitrogens with zero attached hydrogens (tertiary/aromatic N) is 2. The standard InChI is InChI=1S/C23H32N2O3/c1-4-6-20(25-21(27)13-23(2,3)14-22(25)28)24-12-11-16-15-7-5-8-19(26)17(15)9-10-18(16)24/h5,7-8,16,18,20,26H,4,6,9-14H2,1-3H3/t16-,18+,20?/m0/s1. The molecule has 4 rings (SSSR count). The number of likely N-dealkylation sites (tertiary alicyclic amines) is 2. The smallest absolute Gasteiger partial charge is 0.231 e. The number of carbonyl (C=O) groups is 2. The molecule has 0 radical (unpaired) electrons. The summed E-state index contributed by atoms with van der Waals surface area (Å²) < 4.78 is 0. The molecule has 0 bridgehead atoms. The number of hydrogen-bond donors (Lipinski definition) is 1. The zero-order valence-corrected chi connectivity index (χ0v) is 17.3. The number of amides is 2. The van der Waals surface area contributed by atoms with Crippen molar-refractivity contribution in [3.63, 3.8) is 0 Å². The Morgan fingerprint density at radius 1 is 1.18 bits per heavy atom. The van der Waals surface area contributed by atoms with Gasteiger partial charge in [0.1, 0.15) is 5.75 Å². The van der Waals surface area contributed by atoms with E-state index in [0.29, 0.717) is 30.6 Å². The minimum absolute atomic E-state index is 0.0167. The third-order valence-electron chi connectivity index (χ3n) is 6.89. The molecule has 1 aromatic rings. The van der Waals surface area contributed by atoms with Crippen LogP contribution in [0.2, 0.25) is 0 Å². The number of fused-ring (bicyclic) bond motifs is 3. The van der Waals surface area contributed by atoms with Crippen molar-refractivity contribution in [2.24, 2.45) is 5.41 Å². The molecule has 2 heterocycles. The Morgan fingerprint density at radius 3 is 2.57 bits per heavy atom. The van der Waals surface area contributed by atoms with Crippen molar-refractivity contribution in [3.05, 3.63) is 29.3 Å². The first-order valence-corrected chi connectivity index (χ1v) is 10.7. The van der Waals surface area contributed by atoms with Gasteiger partial charge >= 0.3 is 0 Å². The van der Waals surface area contributed by atoms with Gasteiger partial charge in [-0.2, -0.15) is 0 Å². The molecular formula is C23H32N2O3. The second-order valence-electron chi connectivity index (χ2n) is 9.53. The molecule has 0 aromatic heterocycles. The average molecular weight is 385 g/mol. The molecule has 2 aliphatic heterocycles. The monoisotopic (exact) mass is 384 g/mol. The van der Waals surface area contributed by atoms with E-state index in [1.165, 1.54) is 5.56 Å². The minimum Gasteiger partial charge on any atom is -0.508 e. The number of imide groups is 1. The first kappa shape index (κ1) is 19.4. The van der Waals surface area contributed by atoms with Crippen LogP contribution >= 0.6 is 0 Å². The molecule has 5 heteroatoms. The number of benzene rings is 1. The van der Waals surface area contributed by atoms with Gasteiger partial charge in [0, 0.05) is 31.3 Å². The lowest BCUT2D eigenvalue weighted by Gasteiger charge is -2.45. The van der Waals surface area contributed by atoms with Gasteiger partial charge in [0.25, 0.3) is 0 Å². The fourth-order valence-electron chi connectivity index (χ4n) is 5.71. The zero-order chi connectivity index (χ0) is 20.1. The van der Waals surface area contributed by atoms with Crippen molar-refractivity contribution in [1.29, 1.82) is 0 Å². The van der Waals surface area contributed by atoms with Crippen molar-refractivity contribution < 1.29 is 14.7 Å². The van der Waals surface area contributed by atoms with Gasteiger partial charge in [0.15, 0.2) is 0 Å². The van der Waals surface area contributed by atoms with Crippen molar-refractivity contribution in [2.75, 3.05) is 6.54 Å². The van der Waals surface area contributed by atoms with Crippen LogP contribution in [0.4, 0.5) is 0 Å². The molecule has 1 aliphatic carbocycles. The fourth-order valence-corrected chi connectivity index (χ4v) is 5.71. The summed E-state index contributed by atoms with van der Waals surface area (Å²) in [4.78, 5) is 29.9. The third kappa shape index (κ3) is 3.24. The normalized spacial score (nSPS) is 28.2. The van der Waals surface area contributed by atoms with Gasteiger partial charge < -0.3 is 5.11 Å². The van der Waals surface area contributed by atoms with E-state index in [2.05, 4.69) is 17.9 Å². The van der Waals surface area contributed by atoms with E-state index in [1.807, 2.05) is 19.9 Å². The highest BCUT2D eigenvalue weighted by atomic mass is 16.3. The first-order valence-electron chi connectivity index (χ1n) is 10.7. The van der Waals surface area contributed by atoms with Crippen LogP contribution in [0, 0.1) is 5.41 Å². The van der Waals surface area contributed by atoms with Gasteiger partial charge in [-0.3, -0.25) is 19.4 Å². The summed E-state index contributed by atoms with van der Waals surface area (Å²) in [5.41, 5.74) is 2.10. The molecule has 5 nitrogen and oxygen atoms in total. The number of phenols is 1. The summed E-state index contributed by atoms with van der Waals surface area (Å²) >= 11 is 0. The van der Waals surface area contributed by atoms with E-state index in [-0.39, 0.29) is 23.4 Å². The largest absolute Gasteiger partial charge is 0.508 e. The van der Waals surface area contributed by atoms with Crippen LogP contribution in [0.1, 0.15) is 76.3 Å². The fraction of sp³-hybridized carbons (Fsp3) is 0.652. The van der Waals surface area contributed by atoms with Gasteiger partial charge in [-0.25, -0.2) is 0 Å². The zero-order valence-electron chi connectivity index (χ0n) is 17.3. The van der Waals surface area contributed by atoms with Crippen LogP contribution in [0.3, 0.4) is 0 Å². The lowest BCUT2D eigenvalue weighted by atomic mass is 9.79. The van der Waals surface area contributed by atoms with Crippen molar-refractivity contribution in [3.8, 4) is 5.75 Å². The van der Waals surface area contributed by atoms with Crippen molar-refractivity contribution in [1.82, 2.24) is 9.80 Å². The van der Waals surface area contributed by atoms with Crippen molar-refractivity contribution >= 4 is 11.8 Å². The Labute approximate surface area is 167 Å². The Kier molecular flexibility index (Phi) is 4.98. The van der Waals surface area contributed by atoms with Crippen LogP contribution < -0.4 is 0 Å². The van der Waals surface area contributed by atoms with Crippen molar-refractivity contribution in [2.45, 2.75) is 83.8 Å². The number of phenolic OH excluding ortho intramolecular Hbond substituents is 1. The molecule has 0 spiro atoms. The highest BCUT2D eigenvalue weighted by molar-refractivity contribution is 5.98. The van der Waals surface area contributed by atoms with E-state index in [9.17, 15) is 14.7 Å². The summed E-state index contributed by atoms with van der Waals surface area (Å²) in [5.74, 6) is 0.749. The molecule has 152 valence electrons. The summed E-state index contributed by atoms with van der Waals surface area (Å²) in [6, 6.07) is 6.19. The molecule has 1 unspecified atom stereocenters. The molecule has 0 saturated carbocycles. The van der Waals surface area contributed by atoms with Crippen LogP contribution in [0.25, 0.3) is 0 Å². The van der Waals surface area contributed by atoms with Gasteiger partial charge in [-0.1, -0.05) is 39.3 Å². The van der Waals surface area contributed by atoms with E-state index in [4.69, 9.17) is 0 Å². The van der Waals surface area contributed by atoms with Crippen LogP contribution in [0.15, 0.2) is 18.2 Å². The molecule has 1 N–H and O–H groups in total. The van der Waals surface area contributed by atoms with Crippen LogP contribution in [-0.2, 0) is 16.0 Å². The number of piperidine rings is 1. The van der Waals surface area contributed by atoms with E-state index in [1.54, 1.807) is 11.0 Å². The molecule has 1 aromatic carbocycles. The summed E-state index contributed by atoms with van der Waals surface area (Å²) in [5, 5.41) is 10.2. The molecule has 2 amide bonds. The third-order valence-corrected chi connectivity index (χ3v) is 6.89. The number of aromatic hydroxyl groups is 1. The summed E-state index contributed by atoms with van der Waals surface area (Å²) in [7, 11) is 0. The average Bonchev–Trinajstić information content (AvgIpc) is 3.04. The maximum atomic E-state index is 12.9. The number of carbonyl (C=O) groups excluding carboxylic acids is 2. The molecule has 3 aliphatic rings. The van der Waals surface area contributed by atoms with Crippen LogP contribution in [0.5, 0.6) is 5.75 Å². The van der Waals surface area contributed by atoms with Gasteiger partial charge in [-0.05, 0) is 48.3 Å². The van der Waals surface area contributed by atoms with E-state index in [0.717, 1.165) is 44.2 Å². The van der Waals surface area contributed by atoms with Gasteiger partial charge in [-0.15, -0.1) is 0 Å². The lowest BCUT2D eigenvalue weighted by Crippen LogP contribution is -2.58. The predicted molar refractivity (Wildman–Crippen MR) is 108 cm³/mol. The van der Waals surface area contributed by atoms with E-state index < -0.39 is 0 Å². The van der Waals surface area contributed by atoms with Gasteiger partial charge in [0.05, 0.1) is 6.17 Å². The summed E-state index contributed by atoms with van der Waals surface area (Å²) in [6.07, 6.45) is 5.36. The quantitative estimate of drug-likeness (QED) is 0.802. The molecular weight excluding hydrogens is 352 g/mol. The molecule has 2 fully saturated rings. The Hall–Kier alpha value is -1.88. The molecule has 28 heavy (non-hydrogen) atoms. The Morgan fingerprint density at radius 2 is 1.89 bits per heavy atom. The Bertz CT molecular complexity index is 768. The summed E-state index contributed by atoms with van der Waals surface area (Å²) in [6.45, 7) is 7.03. The SMILES string of the molecule is CCCC(N1C(=O)CC(C)(C)CC1=O)N1CC[C@H]2c3cccc(O)c3CC[C@H]21. The maximum Gasteiger partial charge on any atom is 0.231 e. The minimum atomic E-state index is -0.240. The predicted octanol–water partition coefficient (Wildman–Crippen LogP) is 3.80. The Balaban J connectivity index is 1.62. The molecule has 3 atom stereocenters. The maximum absolute atomic E-state index is 12.9. The highest BCUT2D eigenvalue weighted by Crippen LogP contribution is 2.46.